The molecule has 1 amide bonds. The molecule has 1 aliphatic heterocycles. The monoisotopic (exact) mass is 474 g/mol. The lowest BCUT2D eigenvalue weighted by atomic mass is 9.94. The number of benzene rings is 2. The van der Waals surface area contributed by atoms with E-state index in [2.05, 4.69) is 23.4 Å². The van der Waals surface area contributed by atoms with E-state index < -0.39 is 22.0 Å². The molecule has 4 unspecified atom stereocenters. The van der Waals surface area contributed by atoms with Gasteiger partial charge < -0.3 is 9.94 Å². The van der Waals surface area contributed by atoms with Crippen LogP contribution in [-0.2, 0) is 26.9 Å². The molecule has 0 fully saturated rings. The van der Waals surface area contributed by atoms with Gasteiger partial charge in [-0.25, -0.2) is 5.48 Å². The summed E-state index contributed by atoms with van der Waals surface area (Å²) in [4.78, 5) is 17.2. The van der Waals surface area contributed by atoms with Crippen molar-refractivity contribution in [2.45, 2.75) is 64.4 Å². The fraction of sp³-hybridized carbons (Fsp3) is 0.440. The van der Waals surface area contributed by atoms with Crippen molar-refractivity contribution >= 4 is 22.4 Å². The summed E-state index contributed by atoms with van der Waals surface area (Å²) in [5.41, 5.74) is 7.69. The zero-order valence-corrected chi connectivity index (χ0v) is 20.7. The van der Waals surface area contributed by atoms with Gasteiger partial charge in [0.25, 0.3) is 5.91 Å². The third-order valence-electron chi connectivity index (χ3n) is 5.37. The molecule has 1 heterocycles. The molecule has 180 valence electrons. The van der Waals surface area contributed by atoms with Crippen LogP contribution in [0.4, 0.5) is 0 Å². The normalized spacial score (nSPS) is 17.7. The highest BCUT2D eigenvalue weighted by Crippen LogP contribution is 2.28. The first-order valence-electron chi connectivity index (χ1n) is 11.2. The molecule has 2 aromatic carbocycles. The molecule has 0 aromatic heterocycles. The SMILES string of the molecule is CC.Cc1cc(C2=NOC(CC(C(=O)NO)S(C)=O)C2)ccc1-c1ccc(CC(C)O)cc1. The van der Waals surface area contributed by atoms with Crippen molar-refractivity contribution in [1.29, 1.82) is 0 Å². The van der Waals surface area contributed by atoms with Crippen LogP contribution in [0.25, 0.3) is 11.1 Å². The Labute approximate surface area is 198 Å². The zero-order valence-electron chi connectivity index (χ0n) is 19.9. The maximum Gasteiger partial charge on any atom is 0.259 e. The number of hydroxylamine groups is 1. The maximum absolute atomic E-state index is 11.8. The predicted octanol–water partition coefficient (Wildman–Crippen LogP) is 3.75. The van der Waals surface area contributed by atoms with Gasteiger partial charge in [0.15, 0.2) is 0 Å². The third kappa shape index (κ3) is 7.22. The fourth-order valence-electron chi connectivity index (χ4n) is 3.76. The average Bonchev–Trinajstić information content (AvgIpc) is 3.27. The Hall–Kier alpha value is -2.55. The van der Waals surface area contributed by atoms with Crippen molar-refractivity contribution in [2.24, 2.45) is 5.16 Å². The van der Waals surface area contributed by atoms with Gasteiger partial charge >= 0.3 is 0 Å². The number of nitrogens with one attached hydrogen (secondary N) is 1. The Kier molecular flexibility index (Phi) is 10.2. The van der Waals surface area contributed by atoms with Crippen LogP contribution in [0, 0.1) is 6.92 Å². The second-order valence-electron chi connectivity index (χ2n) is 7.95. The van der Waals surface area contributed by atoms with Crippen molar-refractivity contribution in [3.05, 3.63) is 59.2 Å². The summed E-state index contributed by atoms with van der Waals surface area (Å²) < 4.78 is 11.8. The molecule has 0 spiro atoms. The van der Waals surface area contributed by atoms with Crippen LogP contribution in [-0.4, -0.2) is 49.9 Å². The minimum Gasteiger partial charge on any atom is -0.393 e. The van der Waals surface area contributed by atoms with Gasteiger partial charge in [0, 0.05) is 29.9 Å². The van der Waals surface area contributed by atoms with Gasteiger partial charge in [-0.1, -0.05) is 55.4 Å². The van der Waals surface area contributed by atoms with E-state index in [1.807, 2.05) is 45.0 Å². The predicted molar refractivity (Wildman–Crippen MR) is 132 cm³/mol. The Bertz CT molecular complexity index is 989. The molecule has 0 radical (unpaired) electrons. The fourth-order valence-corrected chi connectivity index (χ4v) is 4.60. The molecular weight excluding hydrogens is 440 g/mol. The molecule has 1 aliphatic rings. The van der Waals surface area contributed by atoms with Crippen molar-refractivity contribution in [3.8, 4) is 11.1 Å². The maximum atomic E-state index is 11.8. The lowest BCUT2D eigenvalue weighted by molar-refractivity contribution is -0.129. The summed E-state index contributed by atoms with van der Waals surface area (Å²) in [6.45, 7) is 7.82. The van der Waals surface area contributed by atoms with Crippen LogP contribution >= 0.6 is 0 Å². The highest BCUT2D eigenvalue weighted by Gasteiger charge is 2.31. The molecule has 2 aromatic rings. The summed E-state index contributed by atoms with van der Waals surface area (Å²) in [6.07, 6.45) is 2.03. The van der Waals surface area contributed by atoms with Crippen LogP contribution in [0.3, 0.4) is 0 Å². The van der Waals surface area contributed by atoms with Crippen molar-refractivity contribution in [2.75, 3.05) is 6.26 Å². The number of oxime groups is 1. The van der Waals surface area contributed by atoms with E-state index in [1.54, 1.807) is 12.4 Å². The number of nitrogens with zero attached hydrogens (tertiary/aromatic N) is 1. The van der Waals surface area contributed by atoms with Crippen molar-refractivity contribution in [3.63, 3.8) is 0 Å². The second-order valence-corrected chi connectivity index (χ2v) is 9.51. The molecule has 0 saturated carbocycles. The van der Waals surface area contributed by atoms with Crippen LogP contribution in [0.1, 0.15) is 50.3 Å². The highest BCUT2D eigenvalue weighted by atomic mass is 32.2. The number of aliphatic hydroxyl groups is 1. The Morgan fingerprint density at radius 3 is 2.39 bits per heavy atom. The van der Waals surface area contributed by atoms with E-state index in [0.717, 1.165) is 33.5 Å². The van der Waals surface area contributed by atoms with E-state index in [9.17, 15) is 14.1 Å². The Balaban J connectivity index is 0.00000187. The number of carbonyl (C=O) groups excluding carboxylic acids is 1. The van der Waals surface area contributed by atoms with E-state index >= 15 is 0 Å². The zero-order chi connectivity index (χ0) is 24.5. The number of hydrogen-bond donors (Lipinski definition) is 3. The minimum absolute atomic E-state index is 0.207. The standard InChI is InChI=1S/C23H28N2O5S.C2H6/c1-14-10-18(8-9-20(14)17-6-4-16(5-7-17)11-15(2)26)21-12-19(30-25-21)13-22(31(3)29)23(27)24-28;1-2/h4-10,15,19,22,26,28H,11-13H2,1-3H3,(H,24,27);1-2H3. The van der Waals surface area contributed by atoms with Crippen LogP contribution in [0.5, 0.6) is 0 Å². The summed E-state index contributed by atoms with van der Waals surface area (Å²) >= 11 is 0. The van der Waals surface area contributed by atoms with Crippen LogP contribution in [0.15, 0.2) is 47.6 Å². The smallest absolute Gasteiger partial charge is 0.259 e. The molecule has 7 nitrogen and oxygen atoms in total. The van der Waals surface area contributed by atoms with E-state index in [1.165, 1.54) is 6.26 Å². The summed E-state index contributed by atoms with van der Waals surface area (Å²) in [5, 5.41) is 21.7. The summed E-state index contributed by atoms with van der Waals surface area (Å²) in [7, 11) is -1.44. The van der Waals surface area contributed by atoms with Crippen LogP contribution < -0.4 is 5.48 Å². The topological polar surface area (TPSA) is 108 Å². The average molecular weight is 475 g/mol. The Morgan fingerprint density at radius 2 is 1.85 bits per heavy atom. The minimum atomic E-state index is -1.44. The van der Waals surface area contributed by atoms with E-state index in [-0.39, 0.29) is 18.6 Å². The first kappa shape index (κ1) is 26.7. The molecule has 33 heavy (non-hydrogen) atoms. The quantitative estimate of drug-likeness (QED) is 0.399. The van der Waals surface area contributed by atoms with Gasteiger partial charge in [-0.2, -0.15) is 0 Å². The van der Waals surface area contributed by atoms with Crippen molar-refractivity contribution < 1.29 is 24.2 Å². The number of rotatable bonds is 8. The van der Waals surface area contributed by atoms with Gasteiger partial charge in [0.1, 0.15) is 11.4 Å². The number of hydrogen-bond acceptors (Lipinski definition) is 6. The third-order valence-corrected chi connectivity index (χ3v) is 6.58. The van der Waals surface area contributed by atoms with Gasteiger partial charge in [0.05, 0.1) is 11.8 Å². The molecule has 3 rings (SSSR count). The summed E-state index contributed by atoms with van der Waals surface area (Å²) in [5.74, 6) is -0.683. The van der Waals surface area contributed by atoms with Gasteiger partial charge in [-0.05, 0) is 54.2 Å². The van der Waals surface area contributed by atoms with Crippen LogP contribution in [0.2, 0.25) is 0 Å². The first-order valence-corrected chi connectivity index (χ1v) is 12.8. The number of amides is 1. The van der Waals surface area contributed by atoms with Gasteiger partial charge in [-0.3, -0.25) is 14.2 Å². The Morgan fingerprint density at radius 1 is 1.21 bits per heavy atom. The largest absolute Gasteiger partial charge is 0.393 e. The number of aryl methyl sites for hydroxylation is 1. The highest BCUT2D eigenvalue weighted by molar-refractivity contribution is 7.85. The van der Waals surface area contributed by atoms with Gasteiger partial charge in [-0.15, -0.1) is 0 Å². The lowest BCUT2D eigenvalue weighted by Crippen LogP contribution is -2.37. The first-order chi connectivity index (χ1) is 15.8. The number of aliphatic hydroxyl groups excluding tert-OH is 1. The molecule has 3 N–H and O–H groups in total. The molecule has 0 bridgehead atoms. The molecule has 4 atom stereocenters. The number of carbonyl (C=O) groups is 1. The second kappa shape index (κ2) is 12.6. The van der Waals surface area contributed by atoms with Crippen molar-refractivity contribution in [1.82, 2.24) is 5.48 Å². The van der Waals surface area contributed by atoms with E-state index in [0.29, 0.717) is 12.8 Å². The lowest BCUT2D eigenvalue weighted by Gasteiger charge is -2.15. The molecule has 0 saturated heterocycles. The summed E-state index contributed by atoms with van der Waals surface area (Å²) in [6, 6.07) is 14.3. The van der Waals surface area contributed by atoms with E-state index in [4.69, 9.17) is 10.0 Å². The molecule has 0 aliphatic carbocycles. The molecular formula is C25H34N2O5S. The molecule has 8 heteroatoms. The van der Waals surface area contributed by atoms with Gasteiger partial charge in [0.2, 0.25) is 0 Å².